The Balaban J connectivity index is 2.00. The Hall–Kier alpha value is -1.94. The largest absolute Gasteiger partial charge is 0.308 e. The summed E-state index contributed by atoms with van der Waals surface area (Å²) in [5.74, 6) is 0. The van der Waals surface area contributed by atoms with Crippen LogP contribution in [0, 0.1) is 20.8 Å². The summed E-state index contributed by atoms with van der Waals surface area (Å²) >= 11 is 0. The predicted octanol–water partition coefficient (Wildman–Crippen LogP) is 2.41. The first-order chi connectivity index (χ1) is 10.0. The molecule has 1 N–H and O–H groups in total. The second kappa shape index (κ2) is 5.45. The summed E-state index contributed by atoms with van der Waals surface area (Å²) in [6.45, 7) is 6.62. The molecule has 0 spiro atoms. The summed E-state index contributed by atoms with van der Waals surface area (Å²) in [6, 6.07) is 8.52. The first-order valence-electron chi connectivity index (χ1n) is 7.45. The van der Waals surface area contributed by atoms with Gasteiger partial charge in [-0.15, -0.1) is 0 Å². The SMILES string of the molecule is Cc1ccc(-n2nc(CNC3CC3)c(=O)cc2C)c(C)c1. The normalized spacial score (nSPS) is 14.4. The number of nitrogens with zero attached hydrogens (tertiary/aromatic N) is 2. The molecule has 0 aliphatic heterocycles. The van der Waals surface area contributed by atoms with Gasteiger partial charge in [-0.05, 0) is 45.2 Å². The number of rotatable bonds is 4. The zero-order chi connectivity index (χ0) is 15.0. The third-order valence-corrected chi connectivity index (χ3v) is 3.90. The lowest BCUT2D eigenvalue weighted by Gasteiger charge is -2.14. The van der Waals surface area contributed by atoms with Crippen molar-refractivity contribution in [2.75, 3.05) is 0 Å². The number of aromatic nitrogens is 2. The third kappa shape index (κ3) is 3.05. The fourth-order valence-electron chi connectivity index (χ4n) is 2.52. The molecule has 1 fully saturated rings. The Kier molecular flexibility index (Phi) is 3.64. The van der Waals surface area contributed by atoms with Crippen molar-refractivity contribution in [1.29, 1.82) is 0 Å². The van der Waals surface area contributed by atoms with Gasteiger partial charge in [-0.1, -0.05) is 17.7 Å². The Morgan fingerprint density at radius 1 is 1.24 bits per heavy atom. The minimum absolute atomic E-state index is 0.0154. The van der Waals surface area contributed by atoms with E-state index in [1.54, 1.807) is 6.07 Å². The Morgan fingerprint density at radius 2 is 2.00 bits per heavy atom. The summed E-state index contributed by atoms with van der Waals surface area (Å²) in [5, 5.41) is 7.93. The number of nitrogens with one attached hydrogen (secondary N) is 1. The van der Waals surface area contributed by atoms with Crippen molar-refractivity contribution in [1.82, 2.24) is 15.1 Å². The molecule has 4 heteroatoms. The molecule has 3 rings (SSSR count). The van der Waals surface area contributed by atoms with Gasteiger partial charge in [0.2, 0.25) is 5.43 Å². The standard InChI is InChI=1S/C17H21N3O/c1-11-4-7-16(12(2)8-11)20-13(3)9-17(21)15(19-20)10-18-14-5-6-14/h4,7-9,14,18H,5-6,10H2,1-3H3. The van der Waals surface area contributed by atoms with E-state index in [4.69, 9.17) is 0 Å². The van der Waals surface area contributed by atoms with Gasteiger partial charge < -0.3 is 5.32 Å². The van der Waals surface area contributed by atoms with Gasteiger partial charge in [0, 0.05) is 24.3 Å². The maximum absolute atomic E-state index is 12.1. The van der Waals surface area contributed by atoms with Gasteiger partial charge >= 0.3 is 0 Å². The maximum atomic E-state index is 12.1. The molecule has 110 valence electrons. The van der Waals surface area contributed by atoms with E-state index >= 15 is 0 Å². The van der Waals surface area contributed by atoms with Gasteiger partial charge in [0.05, 0.1) is 5.69 Å². The summed E-state index contributed by atoms with van der Waals surface area (Å²) < 4.78 is 1.88. The van der Waals surface area contributed by atoms with Crippen LogP contribution in [-0.2, 0) is 6.54 Å². The zero-order valence-corrected chi connectivity index (χ0v) is 12.8. The fraction of sp³-hybridized carbons (Fsp3) is 0.412. The molecule has 1 aromatic heterocycles. The first-order valence-corrected chi connectivity index (χ1v) is 7.45. The molecule has 1 heterocycles. The van der Waals surface area contributed by atoms with Crippen LogP contribution >= 0.6 is 0 Å². The van der Waals surface area contributed by atoms with Crippen molar-refractivity contribution in [3.63, 3.8) is 0 Å². The molecule has 1 aromatic carbocycles. The van der Waals surface area contributed by atoms with E-state index in [2.05, 4.69) is 42.5 Å². The lowest BCUT2D eigenvalue weighted by atomic mass is 10.1. The highest BCUT2D eigenvalue weighted by atomic mass is 16.1. The second-order valence-electron chi connectivity index (χ2n) is 5.95. The van der Waals surface area contributed by atoms with Crippen LogP contribution in [0.3, 0.4) is 0 Å². The molecule has 0 atom stereocenters. The lowest BCUT2D eigenvalue weighted by Crippen LogP contribution is -2.25. The molecule has 1 aliphatic rings. The molecule has 1 saturated carbocycles. The summed E-state index contributed by atoms with van der Waals surface area (Å²) in [4.78, 5) is 12.1. The molecule has 21 heavy (non-hydrogen) atoms. The van der Waals surface area contributed by atoms with Crippen molar-refractivity contribution >= 4 is 0 Å². The van der Waals surface area contributed by atoms with E-state index in [1.165, 1.54) is 18.4 Å². The van der Waals surface area contributed by atoms with E-state index in [0.717, 1.165) is 16.9 Å². The van der Waals surface area contributed by atoms with Gasteiger partial charge in [-0.2, -0.15) is 5.10 Å². The molecule has 2 aromatic rings. The molecule has 4 nitrogen and oxygen atoms in total. The third-order valence-electron chi connectivity index (χ3n) is 3.90. The molecular formula is C17H21N3O. The van der Waals surface area contributed by atoms with Crippen molar-refractivity contribution < 1.29 is 0 Å². The molecular weight excluding hydrogens is 262 g/mol. The Morgan fingerprint density at radius 3 is 2.67 bits per heavy atom. The monoisotopic (exact) mass is 283 g/mol. The average Bonchev–Trinajstić information content (AvgIpc) is 3.23. The van der Waals surface area contributed by atoms with Crippen LogP contribution in [-0.4, -0.2) is 15.8 Å². The van der Waals surface area contributed by atoms with E-state index < -0.39 is 0 Å². The highest BCUT2D eigenvalue weighted by Gasteiger charge is 2.21. The highest BCUT2D eigenvalue weighted by molar-refractivity contribution is 5.42. The minimum Gasteiger partial charge on any atom is -0.308 e. The topological polar surface area (TPSA) is 46.9 Å². The number of benzene rings is 1. The van der Waals surface area contributed by atoms with Crippen LogP contribution in [0.25, 0.3) is 5.69 Å². The van der Waals surface area contributed by atoms with E-state index in [9.17, 15) is 4.79 Å². The van der Waals surface area contributed by atoms with Crippen molar-refractivity contribution in [3.8, 4) is 5.69 Å². The minimum atomic E-state index is 0.0154. The molecule has 0 radical (unpaired) electrons. The van der Waals surface area contributed by atoms with Gasteiger partial charge in [0.15, 0.2) is 0 Å². The van der Waals surface area contributed by atoms with Gasteiger partial charge in [-0.25, -0.2) is 4.68 Å². The van der Waals surface area contributed by atoms with Crippen molar-refractivity contribution in [2.24, 2.45) is 0 Å². The first kappa shape index (κ1) is 14.0. The Labute approximate surface area is 124 Å². The fourth-order valence-corrected chi connectivity index (χ4v) is 2.52. The van der Waals surface area contributed by atoms with Crippen molar-refractivity contribution in [3.05, 3.63) is 57.0 Å². The number of hydrogen-bond acceptors (Lipinski definition) is 3. The molecule has 0 bridgehead atoms. The summed E-state index contributed by atoms with van der Waals surface area (Å²) in [5.41, 5.74) is 4.89. The van der Waals surface area contributed by atoms with Crippen LogP contribution in [0.4, 0.5) is 0 Å². The van der Waals surface area contributed by atoms with E-state index in [1.807, 2.05) is 11.6 Å². The summed E-state index contributed by atoms with van der Waals surface area (Å²) in [7, 11) is 0. The van der Waals surface area contributed by atoms with Gasteiger partial charge in [-0.3, -0.25) is 4.79 Å². The van der Waals surface area contributed by atoms with Crippen LogP contribution in [0.2, 0.25) is 0 Å². The second-order valence-corrected chi connectivity index (χ2v) is 5.95. The average molecular weight is 283 g/mol. The number of aryl methyl sites for hydroxylation is 3. The van der Waals surface area contributed by atoms with E-state index in [0.29, 0.717) is 18.3 Å². The lowest BCUT2D eigenvalue weighted by molar-refractivity contribution is 0.641. The Bertz CT molecular complexity index is 729. The maximum Gasteiger partial charge on any atom is 0.204 e. The molecule has 0 unspecified atom stereocenters. The molecule has 0 amide bonds. The van der Waals surface area contributed by atoms with Gasteiger partial charge in [0.1, 0.15) is 5.69 Å². The van der Waals surface area contributed by atoms with Crippen molar-refractivity contribution in [2.45, 2.75) is 46.2 Å². The van der Waals surface area contributed by atoms with Crippen LogP contribution in [0.1, 0.15) is 35.4 Å². The van der Waals surface area contributed by atoms with Gasteiger partial charge in [0.25, 0.3) is 0 Å². The van der Waals surface area contributed by atoms with Crippen LogP contribution < -0.4 is 10.7 Å². The van der Waals surface area contributed by atoms with Crippen LogP contribution in [0.15, 0.2) is 29.1 Å². The molecule has 0 saturated heterocycles. The van der Waals surface area contributed by atoms with E-state index in [-0.39, 0.29) is 5.43 Å². The summed E-state index contributed by atoms with van der Waals surface area (Å²) in [6.07, 6.45) is 2.41. The smallest absolute Gasteiger partial charge is 0.204 e. The quantitative estimate of drug-likeness (QED) is 0.937. The van der Waals surface area contributed by atoms with Crippen LogP contribution in [0.5, 0.6) is 0 Å². The predicted molar refractivity (Wildman–Crippen MR) is 83.9 cm³/mol. The molecule has 1 aliphatic carbocycles. The number of hydrogen-bond donors (Lipinski definition) is 1. The highest BCUT2D eigenvalue weighted by Crippen LogP contribution is 2.19. The zero-order valence-electron chi connectivity index (χ0n) is 12.8.